The Labute approximate surface area is 95.8 Å². The van der Waals surface area contributed by atoms with E-state index in [9.17, 15) is 4.39 Å². The molecule has 16 heavy (non-hydrogen) atoms. The molecule has 3 heteroatoms. The van der Waals surface area contributed by atoms with Crippen LogP contribution in [0.5, 0.6) is 0 Å². The van der Waals surface area contributed by atoms with Gasteiger partial charge in [-0.15, -0.1) is 0 Å². The molecule has 2 nitrogen and oxygen atoms in total. The molecule has 1 fully saturated rings. The van der Waals surface area contributed by atoms with Crippen LogP contribution in [0.4, 0.5) is 4.39 Å². The van der Waals surface area contributed by atoms with Crippen molar-refractivity contribution in [2.75, 3.05) is 20.3 Å². The van der Waals surface area contributed by atoms with E-state index in [2.05, 4.69) is 5.32 Å². The summed E-state index contributed by atoms with van der Waals surface area (Å²) in [6.45, 7) is 1.66. The van der Waals surface area contributed by atoms with Gasteiger partial charge < -0.3 is 10.1 Å². The van der Waals surface area contributed by atoms with Crippen LogP contribution in [0.2, 0.25) is 0 Å². The fraction of sp³-hybridized carbons (Fsp3) is 0.538. The largest absolute Gasteiger partial charge is 0.381 e. The monoisotopic (exact) mass is 223 g/mol. The average molecular weight is 223 g/mol. The Bertz CT molecular complexity index is 336. The molecule has 1 N–H and O–H groups in total. The minimum absolute atomic E-state index is 0.0906. The normalized spacial score (nSPS) is 22.2. The second-order valence-corrected chi connectivity index (χ2v) is 4.33. The SMILES string of the molecule is CNC(CC1CCOC1)c1ccccc1F. The molecule has 0 saturated carbocycles. The van der Waals surface area contributed by atoms with E-state index in [0.29, 0.717) is 5.92 Å². The second-order valence-electron chi connectivity index (χ2n) is 4.33. The van der Waals surface area contributed by atoms with Crippen molar-refractivity contribution in [1.82, 2.24) is 5.32 Å². The minimum Gasteiger partial charge on any atom is -0.381 e. The third kappa shape index (κ3) is 2.60. The maximum absolute atomic E-state index is 13.6. The summed E-state index contributed by atoms with van der Waals surface area (Å²) in [6.07, 6.45) is 2.03. The number of halogens is 1. The topological polar surface area (TPSA) is 21.3 Å². The highest BCUT2D eigenvalue weighted by Gasteiger charge is 2.22. The van der Waals surface area contributed by atoms with Crippen LogP contribution < -0.4 is 5.32 Å². The van der Waals surface area contributed by atoms with Gasteiger partial charge in [0.05, 0.1) is 0 Å². The van der Waals surface area contributed by atoms with Crippen molar-refractivity contribution >= 4 is 0 Å². The van der Waals surface area contributed by atoms with Crippen LogP contribution in [-0.2, 0) is 4.74 Å². The van der Waals surface area contributed by atoms with Crippen molar-refractivity contribution in [3.05, 3.63) is 35.6 Å². The van der Waals surface area contributed by atoms with E-state index in [1.54, 1.807) is 6.07 Å². The summed E-state index contributed by atoms with van der Waals surface area (Å²) in [4.78, 5) is 0. The summed E-state index contributed by atoms with van der Waals surface area (Å²) in [5.41, 5.74) is 0.761. The number of hydrogen-bond acceptors (Lipinski definition) is 2. The van der Waals surface area contributed by atoms with Gasteiger partial charge in [0, 0.05) is 24.8 Å². The summed E-state index contributed by atoms with van der Waals surface area (Å²) < 4.78 is 19.0. The van der Waals surface area contributed by atoms with E-state index in [-0.39, 0.29) is 11.9 Å². The van der Waals surface area contributed by atoms with Crippen LogP contribution >= 0.6 is 0 Å². The van der Waals surface area contributed by atoms with Crippen LogP contribution in [0.1, 0.15) is 24.4 Å². The first-order valence-electron chi connectivity index (χ1n) is 5.80. The highest BCUT2D eigenvalue weighted by atomic mass is 19.1. The average Bonchev–Trinajstić information content (AvgIpc) is 2.80. The first-order chi connectivity index (χ1) is 7.81. The zero-order valence-electron chi connectivity index (χ0n) is 9.58. The van der Waals surface area contributed by atoms with Gasteiger partial charge in [0.15, 0.2) is 0 Å². The quantitative estimate of drug-likeness (QED) is 0.846. The molecule has 0 radical (unpaired) electrons. The minimum atomic E-state index is -0.124. The smallest absolute Gasteiger partial charge is 0.127 e. The zero-order valence-corrected chi connectivity index (χ0v) is 9.58. The van der Waals surface area contributed by atoms with Crippen LogP contribution in [0.25, 0.3) is 0 Å². The molecule has 0 aliphatic carbocycles. The van der Waals surface area contributed by atoms with Gasteiger partial charge in [-0.25, -0.2) is 4.39 Å². The van der Waals surface area contributed by atoms with Gasteiger partial charge in [-0.05, 0) is 31.9 Å². The molecule has 1 aliphatic heterocycles. The first-order valence-corrected chi connectivity index (χ1v) is 5.80. The van der Waals surface area contributed by atoms with Crippen LogP contribution in [-0.4, -0.2) is 20.3 Å². The molecule has 2 rings (SSSR count). The van der Waals surface area contributed by atoms with Crippen molar-refractivity contribution < 1.29 is 9.13 Å². The molecule has 1 aromatic rings. The van der Waals surface area contributed by atoms with Crippen LogP contribution in [0.3, 0.4) is 0 Å². The maximum Gasteiger partial charge on any atom is 0.127 e. The van der Waals surface area contributed by atoms with Gasteiger partial charge in [-0.1, -0.05) is 18.2 Å². The number of ether oxygens (including phenoxy) is 1. The van der Waals surface area contributed by atoms with Gasteiger partial charge >= 0.3 is 0 Å². The van der Waals surface area contributed by atoms with Gasteiger partial charge in [-0.3, -0.25) is 0 Å². The molecule has 1 heterocycles. The third-order valence-corrected chi connectivity index (χ3v) is 3.22. The molecule has 1 aromatic carbocycles. The van der Waals surface area contributed by atoms with Crippen molar-refractivity contribution in [3.8, 4) is 0 Å². The Kier molecular flexibility index (Phi) is 3.91. The standard InChI is InChI=1S/C13H18FNO/c1-15-13(8-10-6-7-16-9-10)11-4-2-3-5-12(11)14/h2-5,10,13,15H,6-9H2,1H3. The predicted molar refractivity (Wildman–Crippen MR) is 61.7 cm³/mol. The fourth-order valence-electron chi connectivity index (χ4n) is 2.26. The lowest BCUT2D eigenvalue weighted by Gasteiger charge is -2.20. The van der Waals surface area contributed by atoms with Crippen LogP contribution in [0.15, 0.2) is 24.3 Å². The Morgan fingerprint density at radius 2 is 2.31 bits per heavy atom. The molecule has 0 bridgehead atoms. The van der Waals surface area contributed by atoms with E-state index < -0.39 is 0 Å². The van der Waals surface area contributed by atoms with E-state index in [1.807, 2.05) is 19.2 Å². The van der Waals surface area contributed by atoms with E-state index >= 15 is 0 Å². The van der Waals surface area contributed by atoms with Gasteiger partial charge in [0.1, 0.15) is 5.82 Å². The fourth-order valence-corrected chi connectivity index (χ4v) is 2.26. The molecule has 1 aliphatic rings. The molecule has 0 spiro atoms. The lowest BCUT2D eigenvalue weighted by molar-refractivity contribution is 0.181. The highest BCUT2D eigenvalue weighted by Crippen LogP contribution is 2.27. The highest BCUT2D eigenvalue weighted by molar-refractivity contribution is 5.21. The first kappa shape index (κ1) is 11.6. The molecule has 88 valence electrons. The lowest BCUT2D eigenvalue weighted by Crippen LogP contribution is -2.21. The summed E-state index contributed by atoms with van der Waals surface area (Å²) in [5.74, 6) is 0.429. The molecule has 0 amide bonds. The Balaban J connectivity index is 2.06. The third-order valence-electron chi connectivity index (χ3n) is 3.22. The summed E-state index contributed by atoms with van der Waals surface area (Å²) in [7, 11) is 1.88. The Morgan fingerprint density at radius 3 is 2.94 bits per heavy atom. The molecular formula is C13H18FNO. The van der Waals surface area contributed by atoms with E-state index in [0.717, 1.165) is 31.6 Å². The lowest BCUT2D eigenvalue weighted by atomic mass is 9.94. The molecule has 2 unspecified atom stereocenters. The van der Waals surface area contributed by atoms with Crippen molar-refractivity contribution in [3.63, 3.8) is 0 Å². The number of hydrogen-bond donors (Lipinski definition) is 1. The number of rotatable bonds is 4. The van der Waals surface area contributed by atoms with E-state index in [1.165, 1.54) is 6.07 Å². The van der Waals surface area contributed by atoms with Gasteiger partial charge in [0.25, 0.3) is 0 Å². The van der Waals surface area contributed by atoms with Crippen molar-refractivity contribution in [2.24, 2.45) is 5.92 Å². The second kappa shape index (κ2) is 5.41. The van der Waals surface area contributed by atoms with Crippen LogP contribution in [0, 0.1) is 11.7 Å². The summed E-state index contributed by atoms with van der Waals surface area (Å²) >= 11 is 0. The Morgan fingerprint density at radius 1 is 1.50 bits per heavy atom. The van der Waals surface area contributed by atoms with E-state index in [4.69, 9.17) is 4.74 Å². The summed E-state index contributed by atoms with van der Waals surface area (Å²) in [5, 5.41) is 3.19. The molecule has 2 atom stereocenters. The molecule has 1 saturated heterocycles. The predicted octanol–water partition coefficient (Wildman–Crippen LogP) is 2.51. The van der Waals surface area contributed by atoms with Gasteiger partial charge in [0.2, 0.25) is 0 Å². The van der Waals surface area contributed by atoms with Gasteiger partial charge in [-0.2, -0.15) is 0 Å². The molecular weight excluding hydrogens is 205 g/mol. The Hall–Kier alpha value is -0.930. The summed E-state index contributed by atoms with van der Waals surface area (Å²) in [6, 6.07) is 7.07. The van der Waals surface area contributed by atoms with Crippen molar-refractivity contribution in [2.45, 2.75) is 18.9 Å². The molecule has 0 aromatic heterocycles. The maximum atomic E-state index is 13.6. The van der Waals surface area contributed by atoms with Crippen molar-refractivity contribution in [1.29, 1.82) is 0 Å². The zero-order chi connectivity index (χ0) is 11.4. The number of benzene rings is 1. The number of nitrogens with one attached hydrogen (secondary N) is 1.